The van der Waals surface area contributed by atoms with Crippen molar-refractivity contribution in [3.63, 3.8) is 0 Å². The third kappa shape index (κ3) is 2.07. The molecule has 0 radical (unpaired) electrons. The Labute approximate surface area is 127 Å². The third-order valence-electron chi connectivity index (χ3n) is 4.13. The fraction of sp³-hybridized carbons (Fsp3) is 0.312. The first-order valence-electron chi connectivity index (χ1n) is 7.59. The van der Waals surface area contributed by atoms with Gasteiger partial charge < -0.3 is 0 Å². The summed E-state index contributed by atoms with van der Waals surface area (Å²) in [5.74, 6) is 1.14. The highest BCUT2D eigenvalue weighted by atomic mass is 16.1. The summed E-state index contributed by atoms with van der Waals surface area (Å²) in [6.07, 6.45) is 3.25. The van der Waals surface area contributed by atoms with Gasteiger partial charge in [0.2, 0.25) is 0 Å². The maximum atomic E-state index is 12.2. The molecule has 1 saturated carbocycles. The number of benzene rings is 1. The van der Waals surface area contributed by atoms with Gasteiger partial charge in [-0.15, -0.1) is 0 Å². The second-order valence-electron chi connectivity index (χ2n) is 5.65. The number of H-pyrrole nitrogens is 2. The summed E-state index contributed by atoms with van der Waals surface area (Å²) in [6, 6.07) is 9.87. The summed E-state index contributed by atoms with van der Waals surface area (Å²) in [6.45, 7) is 2.07. The first-order chi connectivity index (χ1) is 10.8. The number of hydrogen-bond donors (Lipinski definition) is 2. The van der Waals surface area contributed by atoms with E-state index in [1.807, 2.05) is 30.3 Å². The van der Waals surface area contributed by atoms with Crippen LogP contribution in [0.4, 0.5) is 0 Å². The van der Waals surface area contributed by atoms with Crippen LogP contribution in [0.5, 0.6) is 0 Å². The van der Waals surface area contributed by atoms with Crippen molar-refractivity contribution in [2.75, 3.05) is 0 Å². The first-order valence-corrected chi connectivity index (χ1v) is 7.59. The number of nitrogens with zero attached hydrogens (tertiary/aromatic N) is 3. The van der Waals surface area contributed by atoms with Crippen LogP contribution in [-0.2, 0) is 6.42 Å². The van der Waals surface area contributed by atoms with Crippen LogP contribution in [0.2, 0.25) is 0 Å². The maximum absolute atomic E-state index is 12.2. The second kappa shape index (κ2) is 4.98. The molecule has 2 aromatic heterocycles. The van der Waals surface area contributed by atoms with Crippen molar-refractivity contribution in [2.45, 2.75) is 32.1 Å². The highest BCUT2D eigenvalue weighted by Crippen LogP contribution is 2.39. The van der Waals surface area contributed by atoms with Crippen molar-refractivity contribution in [1.82, 2.24) is 25.0 Å². The van der Waals surface area contributed by atoms with Crippen molar-refractivity contribution in [3.05, 3.63) is 52.1 Å². The largest absolute Gasteiger partial charge is 0.348 e. The van der Waals surface area contributed by atoms with Gasteiger partial charge in [-0.2, -0.15) is 10.2 Å². The number of rotatable bonds is 4. The van der Waals surface area contributed by atoms with Gasteiger partial charge in [-0.1, -0.05) is 25.1 Å². The van der Waals surface area contributed by atoms with E-state index in [4.69, 9.17) is 0 Å². The Kier molecular flexibility index (Phi) is 2.96. The molecule has 6 heteroatoms. The second-order valence-corrected chi connectivity index (χ2v) is 5.65. The minimum atomic E-state index is -0.244. The van der Waals surface area contributed by atoms with Crippen molar-refractivity contribution >= 4 is 0 Å². The number of nitrogens with one attached hydrogen (secondary N) is 2. The molecule has 1 aliphatic rings. The van der Waals surface area contributed by atoms with Gasteiger partial charge >= 0.3 is 5.69 Å². The monoisotopic (exact) mass is 295 g/mol. The van der Waals surface area contributed by atoms with Gasteiger partial charge in [-0.05, 0) is 37.0 Å². The van der Waals surface area contributed by atoms with Crippen LogP contribution in [0.3, 0.4) is 0 Å². The van der Waals surface area contributed by atoms with E-state index in [-0.39, 0.29) is 5.69 Å². The summed E-state index contributed by atoms with van der Waals surface area (Å²) in [7, 11) is 0. The Hall–Kier alpha value is -2.63. The van der Waals surface area contributed by atoms with Crippen LogP contribution < -0.4 is 5.69 Å². The maximum Gasteiger partial charge on any atom is 0.348 e. The number of aryl methyl sites for hydroxylation is 1. The molecule has 4 rings (SSSR count). The fourth-order valence-electron chi connectivity index (χ4n) is 2.77. The first kappa shape index (κ1) is 13.1. The lowest BCUT2D eigenvalue weighted by Gasteiger charge is -2.08. The molecule has 0 bridgehead atoms. The number of para-hydroxylation sites is 1. The highest BCUT2D eigenvalue weighted by molar-refractivity contribution is 5.55. The lowest BCUT2D eigenvalue weighted by molar-refractivity contribution is 0.943. The van der Waals surface area contributed by atoms with Crippen molar-refractivity contribution < 1.29 is 0 Å². The molecular weight excluding hydrogens is 278 g/mol. The van der Waals surface area contributed by atoms with E-state index >= 15 is 0 Å². The van der Waals surface area contributed by atoms with Crippen LogP contribution in [0.25, 0.3) is 17.2 Å². The standard InChI is InChI=1S/C16H17N5O/c1-2-10-5-3-4-6-14(10)21-15(19-20-16(21)22)13-9-12(17-18-13)11-7-8-11/h3-6,9,11H,2,7-8H2,1H3,(H,17,18)(H,20,22). The molecule has 2 N–H and O–H groups in total. The van der Waals surface area contributed by atoms with Gasteiger partial charge in [0.1, 0.15) is 5.69 Å². The summed E-state index contributed by atoms with van der Waals surface area (Å²) >= 11 is 0. The van der Waals surface area contributed by atoms with Crippen LogP contribution in [0.15, 0.2) is 35.1 Å². The fourth-order valence-corrected chi connectivity index (χ4v) is 2.77. The molecule has 0 atom stereocenters. The van der Waals surface area contributed by atoms with E-state index in [9.17, 15) is 4.79 Å². The molecule has 0 unspecified atom stereocenters. The predicted molar refractivity (Wildman–Crippen MR) is 83.1 cm³/mol. The van der Waals surface area contributed by atoms with E-state index in [0.29, 0.717) is 17.4 Å². The zero-order valence-corrected chi connectivity index (χ0v) is 12.3. The Balaban J connectivity index is 1.86. The van der Waals surface area contributed by atoms with Crippen molar-refractivity contribution in [2.24, 2.45) is 0 Å². The summed E-state index contributed by atoms with van der Waals surface area (Å²) in [4.78, 5) is 12.2. The lowest BCUT2D eigenvalue weighted by atomic mass is 10.1. The zero-order valence-electron chi connectivity index (χ0n) is 12.3. The third-order valence-corrected chi connectivity index (χ3v) is 4.13. The Bertz CT molecular complexity index is 869. The van der Waals surface area contributed by atoms with Gasteiger partial charge in [-0.25, -0.2) is 14.5 Å². The molecular formula is C16H17N5O. The average molecular weight is 295 g/mol. The SMILES string of the molecule is CCc1ccccc1-n1c(-c2cc(C3CC3)[nH]n2)n[nH]c1=O. The average Bonchev–Trinajstić information content (AvgIpc) is 3.16. The molecule has 0 spiro atoms. The van der Waals surface area contributed by atoms with Crippen LogP contribution >= 0.6 is 0 Å². The quantitative estimate of drug-likeness (QED) is 0.775. The van der Waals surface area contributed by atoms with Crippen LogP contribution in [0, 0.1) is 0 Å². The molecule has 3 aromatic rings. The molecule has 1 fully saturated rings. The molecule has 22 heavy (non-hydrogen) atoms. The number of aromatic amines is 2. The molecule has 0 saturated heterocycles. The van der Waals surface area contributed by atoms with Crippen molar-refractivity contribution in [1.29, 1.82) is 0 Å². The topological polar surface area (TPSA) is 79.4 Å². The molecule has 112 valence electrons. The summed E-state index contributed by atoms with van der Waals surface area (Å²) in [5.41, 5.74) is 3.54. The van der Waals surface area contributed by atoms with Gasteiger partial charge in [0.15, 0.2) is 5.82 Å². The van der Waals surface area contributed by atoms with E-state index in [2.05, 4.69) is 27.3 Å². The van der Waals surface area contributed by atoms with Crippen molar-refractivity contribution in [3.8, 4) is 17.2 Å². The van der Waals surface area contributed by atoms with Gasteiger partial charge in [-0.3, -0.25) is 5.10 Å². The molecule has 2 heterocycles. The molecule has 1 aromatic carbocycles. The molecule has 0 aliphatic heterocycles. The Morgan fingerprint density at radius 2 is 2.05 bits per heavy atom. The predicted octanol–water partition coefficient (Wildman–Crippen LogP) is 2.39. The Morgan fingerprint density at radius 1 is 1.23 bits per heavy atom. The van der Waals surface area contributed by atoms with E-state index in [1.54, 1.807) is 4.57 Å². The van der Waals surface area contributed by atoms with Crippen LogP contribution in [-0.4, -0.2) is 25.0 Å². The van der Waals surface area contributed by atoms with E-state index in [1.165, 1.54) is 12.8 Å². The smallest absolute Gasteiger partial charge is 0.282 e. The lowest BCUT2D eigenvalue weighted by Crippen LogP contribution is -2.17. The minimum absolute atomic E-state index is 0.244. The van der Waals surface area contributed by atoms with E-state index < -0.39 is 0 Å². The normalized spacial score (nSPS) is 14.4. The molecule has 0 amide bonds. The van der Waals surface area contributed by atoms with Gasteiger partial charge in [0.05, 0.1) is 5.69 Å². The molecule has 1 aliphatic carbocycles. The number of hydrogen-bond acceptors (Lipinski definition) is 3. The summed E-state index contributed by atoms with van der Waals surface area (Å²) < 4.78 is 1.60. The minimum Gasteiger partial charge on any atom is -0.282 e. The zero-order chi connectivity index (χ0) is 15.1. The Morgan fingerprint density at radius 3 is 2.82 bits per heavy atom. The molecule has 6 nitrogen and oxygen atoms in total. The van der Waals surface area contributed by atoms with E-state index in [0.717, 1.165) is 23.4 Å². The number of aromatic nitrogens is 5. The summed E-state index contributed by atoms with van der Waals surface area (Å²) in [5, 5.41) is 14.1. The van der Waals surface area contributed by atoms with Gasteiger partial charge in [0.25, 0.3) is 0 Å². The van der Waals surface area contributed by atoms with Crippen LogP contribution in [0.1, 0.15) is 36.9 Å². The highest BCUT2D eigenvalue weighted by Gasteiger charge is 2.26. The van der Waals surface area contributed by atoms with Gasteiger partial charge in [0, 0.05) is 11.6 Å².